The van der Waals surface area contributed by atoms with Crippen LogP contribution < -0.4 is 5.32 Å². The average molecular weight is 365 g/mol. The number of hydrogen-bond acceptors (Lipinski definition) is 6. The number of aryl methyl sites for hydroxylation is 1. The summed E-state index contributed by atoms with van der Waals surface area (Å²) in [5, 5.41) is 5.05. The zero-order chi connectivity index (χ0) is 17.9. The molecule has 132 valence electrons. The lowest BCUT2D eigenvalue weighted by Crippen LogP contribution is -2.30. The monoisotopic (exact) mass is 365 g/mol. The maximum Gasteiger partial charge on any atom is 0.273 e. The van der Waals surface area contributed by atoms with Crippen molar-refractivity contribution in [3.63, 3.8) is 0 Å². The van der Waals surface area contributed by atoms with Crippen molar-refractivity contribution < 1.29 is 4.79 Å². The molecule has 3 aromatic heterocycles. The number of hydrogen-bond donors (Lipinski definition) is 1. The largest absolute Gasteiger partial charge is 0.330 e. The van der Waals surface area contributed by atoms with Crippen LogP contribution in [0.4, 0.5) is 11.6 Å². The van der Waals surface area contributed by atoms with Crippen LogP contribution in [0.3, 0.4) is 0 Å². The van der Waals surface area contributed by atoms with E-state index < -0.39 is 0 Å². The summed E-state index contributed by atoms with van der Waals surface area (Å²) in [5.41, 5.74) is 4.25. The minimum absolute atomic E-state index is 0.000391. The van der Waals surface area contributed by atoms with Gasteiger partial charge in [0.1, 0.15) is 17.3 Å². The standard InChI is InChI=1S/C19H19N5OS/c1-13-4-2-6-17(22-13)23-18-10-14(7-8-20-18)16-5-3-9-24(16)19(25)15-11-26-12-21-15/h2,4,6-8,10-12,16H,3,5,9H2,1H3,(H,20,22,23)/t16-/m0/s1. The highest BCUT2D eigenvalue weighted by Gasteiger charge is 2.31. The van der Waals surface area contributed by atoms with E-state index in [2.05, 4.69) is 20.3 Å². The van der Waals surface area contributed by atoms with Crippen LogP contribution in [0.5, 0.6) is 0 Å². The van der Waals surface area contributed by atoms with Crippen molar-refractivity contribution in [1.82, 2.24) is 19.9 Å². The molecule has 1 N–H and O–H groups in total. The molecule has 0 spiro atoms. The molecule has 0 unspecified atom stereocenters. The first-order valence-corrected chi connectivity index (χ1v) is 9.51. The number of carbonyl (C=O) groups excluding carboxylic acids is 1. The summed E-state index contributed by atoms with van der Waals surface area (Å²) in [4.78, 5) is 27.7. The van der Waals surface area contributed by atoms with E-state index in [1.54, 1.807) is 17.1 Å². The van der Waals surface area contributed by atoms with Gasteiger partial charge in [0, 0.05) is 23.8 Å². The van der Waals surface area contributed by atoms with E-state index in [1.807, 2.05) is 42.2 Å². The van der Waals surface area contributed by atoms with Crippen molar-refractivity contribution in [3.05, 3.63) is 64.4 Å². The topological polar surface area (TPSA) is 71.0 Å². The van der Waals surface area contributed by atoms with Gasteiger partial charge in [0.2, 0.25) is 0 Å². The average Bonchev–Trinajstić information content (AvgIpc) is 3.33. The second-order valence-corrected chi connectivity index (χ2v) is 7.01. The molecule has 7 heteroatoms. The molecule has 1 fully saturated rings. The second-order valence-electron chi connectivity index (χ2n) is 6.29. The van der Waals surface area contributed by atoms with Crippen LogP contribution in [-0.2, 0) is 0 Å². The summed E-state index contributed by atoms with van der Waals surface area (Å²) in [6.07, 6.45) is 3.71. The van der Waals surface area contributed by atoms with Gasteiger partial charge in [-0.2, -0.15) is 0 Å². The lowest BCUT2D eigenvalue weighted by molar-refractivity contribution is 0.0730. The molecule has 4 heterocycles. The van der Waals surface area contributed by atoms with Crippen molar-refractivity contribution in [2.24, 2.45) is 0 Å². The Hall–Kier alpha value is -2.80. The zero-order valence-electron chi connectivity index (χ0n) is 14.4. The summed E-state index contributed by atoms with van der Waals surface area (Å²) in [6, 6.07) is 9.86. The van der Waals surface area contributed by atoms with Crippen molar-refractivity contribution in [3.8, 4) is 0 Å². The molecule has 0 aliphatic carbocycles. The molecule has 0 radical (unpaired) electrons. The molecule has 0 aromatic carbocycles. The third-order valence-electron chi connectivity index (χ3n) is 4.48. The number of carbonyl (C=O) groups is 1. The normalized spacial score (nSPS) is 16.7. The first-order valence-electron chi connectivity index (χ1n) is 8.56. The summed E-state index contributed by atoms with van der Waals surface area (Å²) in [6.45, 7) is 2.71. The molecule has 1 aliphatic rings. The fraction of sp³-hybridized carbons (Fsp3) is 0.263. The number of amides is 1. The molecule has 1 atom stereocenters. The number of nitrogens with zero attached hydrogens (tertiary/aromatic N) is 4. The minimum Gasteiger partial charge on any atom is -0.330 e. The van der Waals surface area contributed by atoms with Crippen LogP contribution >= 0.6 is 11.3 Å². The first kappa shape index (κ1) is 16.7. The number of anilines is 2. The van der Waals surface area contributed by atoms with Gasteiger partial charge in [-0.3, -0.25) is 4.79 Å². The van der Waals surface area contributed by atoms with E-state index in [0.717, 1.165) is 42.3 Å². The van der Waals surface area contributed by atoms with Gasteiger partial charge in [0.25, 0.3) is 5.91 Å². The molecule has 0 bridgehead atoms. The van der Waals surface area contributed by atoms with E-state index in [4.69, 9.17) is 0 Å². The molecule has 3 aromatic rings. The minimum atomic E-state index is 0.000391. The Bertz CT molecular complexity index is 912. The molecule has 4 rings (SSSR count). The molecule has 26 heavy (non-hydrogen) atoms. The third kappa shape index (κ3) is 3.43. The van der Waals surface area contributed by atoms with Crippen LogP contribution in [0, 0.1) is 6.92 Å². The molecule has 0 saturated carbocycles. The van der Waals surface area contributed by atoms with E-state index in [-0.39, 0.29) is 11.9 Å². The summed E-state index contributed by atoms with van der Waals surface area (Å²) in [5.74, 6) is 1.49. The number of aromatic nitrogens is 3. The quantitative estimate of drug-likeness (QED) is 0.758. The highest BCUT2D eigenvalue weighted by Crippen LogP contribution is 2.34. The molecule has 1 amide bonds. The smallest absolute Gasteiger partial charge is 0.273 e. The van der Waals surface area contributed by atoms with Crippen LogP contribution in [0.1, 0.15) is 40.6 Å². The van der Waals surface area contributed by atoms with Crippen LogP contribution in [0.25, 0.3) is 0 Å². The zero-order valence-corrected chi connectivity index (χ0v) is 15.2. The summed E-state index contributed by atoms with van der Waals surface area (Å²) in [7, 11) is 0. The number of nitrogens with one attached hydrogen (secondary N) is 1. The highest BCUT2D eigenvalue weighted by molar-refractivity contribution is 7.07. The Morgan fingerprint density at radius 2 is 2.19 bits per heavy atom. The van der Waals surface area contributed by atoms with E-state index in [0.29, 0.717) is 5.69 Å². The van der Waals surface area contributed by atoms with Crippen molar-refractivity contribution >= 4 is 28.9 Å². The SMILES string of the molecule is Cc1cccc(Nc2cc([C@@H]3CCCN3C(=O)c3cscn3)ccn2)n1. The fourth-order valence-electron chi connectivity index (χ4n) is 3.29. The Morgan fingerprint density at radius 1 is 1.27 bits per heavy atom. The molecular formula is C19H19N5OS. The lowest BCUT2D eigenvalue weighted by Gasteiger charge is -2.24. The Balaban J connectivity index is 1.56. The second kappa shape index (κ2) is 7.21. The molecular weight excluding hydrogens is 346 g/mol. The van der Waals surface area contributed by atoms with Crippen LogP contribution in [0.2, 0.25) is 0 Å². The van der Waals surface area contributed by atoms with E-state index >= 15 is 0 Å². The van der Waals surface area contributed by atoms with Gasteiger partial charge < -0.3 is 10.2 Å². The summed E-state index contributed by atoms with van der Waals surface area (Å²) < 4.78 is 0. The first-order chi connectivity index (χ1) is 12.7. The van der Waals surface area contributed by atoms with Crippen LogP contribution in [0.15, 0.2) is 47.4 Å². The Morgan fingerprint density at radius 3 is 3.00 bits per heavy atom. The highest BCUT2D eigenvalue weighted by atomic mass is 32.1. The number of rotatable bonds is 4. The van der Waals surface area contributed by atoms with Gasteiger partial charge in [-0.15, -0.1) is 11.3 Å². The van der Waals surface area contributed by atoms with Gasteiger partial charge in [-0.25, -0.2) is 15.0 Å². The van der Waals surface area contributed by atoms with E-state index in [1.165, 1.54) is 11.3 Å². The third-order valence-corrected chi connectivity index (χ3v) is 5.06. The molecule has 6 nitrogen and oxygen atoms in total. The lowest BCUT2D eigenvalue weighted by atomic mass is 10.1. The van der Waals surface area contributed by atoms with Gasteiger partial charge in [0.05, 0.1) is 11.6 Å². The molecule has 1 aliphatic heterocycles. The van der Waals surface area contributed by atoms with Gasteiger partial charge >= 0.3 is 0 Å². The number of likely N-dealkylation sites (tertiary alicyclic amines) is 1. The van der Waals surface area contributed by atoms with Gasteiger partial charge in [-0.1, -0.05) is 6.07 Å². The maximum atomic E-state index is 12.7. The van der Waals surface area contributed by atoms with Gasteiger partial charge in [0.15, 0.2) is 0 Å². The summed E-state index contributed by atoms with van der Waals surface area (Å²) >= 11 is 1.44. The Labute approximate surface area is 155 Å². The van der Waals surface area contributed by atoms with Crippen molar-refractivity contribution in [2.75, 3.05) is 11.9 Å². The predicted octanol–water partition coefficient (Wildman–Crippen LogP) is 3.96. The van der Waals surface area contributed by atoms with Gasteiger partial charge in [-0.05, 0) is 49.6 Å². The number of thiazole rings is 1. The molecule has 1 saturated heterocycles. The fourth-order valence-corrected chi connectivity index (χ4v) is 3.81. The van der Waals surface area contributed by atoms with Crippen LogP contribution in [-0.4, -0.2) is 32.3 Å². The van der Waals surface area contributed by atoms with Crippen molar-refractivity contribution in [2.45, 2.75) is 25.8 Å². The number of pyridine rings is 2. The maximum absolute atomic E-state index is 12.7. The van der Waals surface area contributed by atoms with E-state index in [9.17, 15) is 4.79 Å². The predicted molar refractivity (Wildman–Crippen MR) is 102 cm³/mol. The van der Waals surface area contributed by atoms with Crippen molar-refractivity contribution in [1.29, 1.82) is 0 Å². The Kier molecular flexibility index (Phi) is 4.62.